The first-order valence-corrected chi connectivity index (χ1v) is 9.68. The maximum atomic E-state index is 12.2. The van der Waals surface area contributed by atoms with E-state index in [2.05, 4.69) is 41.0 Å². The van der Waals surface area contributed by atoms with Crippen molar-refractivity contribution in [3.63, 3.8) is 0 Å². The molecule has 0 aliphatic carbocycles. The van der Waals surface area contributed by atoms with Gasteiger partial charge in [-0.2, -0.15) is 0 Å². The van der Waals surface area contributed by atoms with E-state index in [-0.39, 0.29) is 11.5 Å². The molecule has 2 aromatic heterocycles. The van der Waals surface area contributed by atoms with Gasteiger partial charge in [-0.15, -0.1) is 11.3 Å². The van der Waals surface area contributed by atoms with Crippen molar-refractivity contribution in [1.82, 2.24) is 20.2 Å². The van der Waals surface area contributed by atoms with Crippen LogP contribution in [-0.4, -0.2) is 46.5 Å². The van der Waals surface area contributed by atoms with Crippen LogP contribution in [0.15, 0.2) is 4.79 Å². The fourth-order valence-corrected chi connectivity index (χ4v) is 4.02. The van der Waals surface area contributed by atoms with E-state index < -0.39 is 0 Å². The smallest absolute Gasteiger partial charge is 0.259 e. The van der Waals surface area contributed by atoms with E-state index in [1.165, 1.54) is 11.3 Å². The summed E-state index contributed by atoms with van der Waals surface area (Å²) in [5.74, 6) is 0.561. The maximum absolute atomic E-state index is 12.2. The number of carbonyl (C=O) groups excluding carboxylic acids is 1. The molecule has 2 aromatic rings. The normalized spacial score (nSPS) is 12.7. The van der Waals surface area contributed by atoms with Gasteiger partial charge in [0, 0.05) is 30.3 Å². The number of nitrogens with one attached hydrogen (secondary N) is 2. The summed E-state index contributed by atoms with van der Waals surface area (Å²) < 4.78 is 0. The van der Waals surface area contributed by atoms with E-state index in [9.17, 15) is 9.59 Å². The lowest BCUT2D eigenvalue weighted by Crippen LogP contribution is -2.42. The van der Waals surface area contributed by atoms with Crippen LogP contribution in [0.3, 0.4) is 0 Å². The van der Waals surface area contributed by atoms with Crippen LogP contribution in [0.4, 0.5) is 0 Å². The molecule has 1 atom stereocenters. The highest BCUT2D eigenvalue weighted by Crippen LogP contribution is 2.25. The molecule has 1 amide bonds. The Bertz CT molecular complexity index is 792. The molecule has 0 unspecified atom stereocenters. The third-order valence-corrected chi connectivity index (χ3v) is 5.81. The van der Waals surface area contributed by atoms with Crippen LogP contribution in [0.25, 0.3) is 10.2 Å². The van der Waals surface area contributed by atoms with Gasteiger partial charge in [0.25, 0.3) is 5.56 Å². The minimum atomic E-state index is -0.114. The van der Waals surface area contributed by atoms with Gasteiger partial charge in [0.05, 0.1) is 5.39 Å². The van der Waals surface area contributed by atoms with E-state index in [1.54, 1.807) is 0 Å². The van der Waals surface area contributed by atoms with Crippen LogP contribution < -0.4 is 10.9 Å². The molecule has 0 saturated carbocycles. The summed E-state index contributed by atoms with van der Waals surface area (Å²) in [5, 5.41) is 3.64. The molecule has 0 fully saturated rings. The number of amides is 1. The summed E-state index contributed by atoms with van der Waals surface area (Å²) in [6.07, 6.45) is 0.759. The quantitative estimate of drug-likeness (QED) is 0.754. The zero-order valence-electron chi connectivity index (χ0n) is 15.7. The van der Waals surface area contributed by atoms with Crippen molar-refractivity contribution in [2.45, 2.75) is 53.5 Å². The molecule has 6 nitrogen and oxygen atoms in total. The Morgan fingerprint density at radius 3 is 2.64 bits per heavy atom. The predicted octanol–water partition coefficient (Wildman–Crippen LogP) is 2.38. The largest absolute Gasteiger partial charge is 0.355 e. The SMILES string of the molecule is CCN(CC)[C@H](C)CNC(=O)CCc1nc2sc(C)c(C)c2c(=O)[nH]1. The third kappa shape index (κ3) is 4.67. The predicted molar refractivity (Wildman–Crippen MR) is 103 cm³/mol. The summed E-state index contributed by atoms with van der Waals surface area (Å²) in [7, 11) is 0. The summed E-state index contributed by atoms with van der Waals surface area (Å²) in [6.45, 7) is 12.9. The topological polar surface area (TPSA) is 78.1 Å². The van der Waals surface area contributed by atoms with Gasteiger partial charge in [0.1, 0.15) is 10.7 Å². The Balaban J connectivity index is 1.94. The number of hydrogen-bond donors (Lipinski definition) is 2. The molecule has 2 rings (SSSR count). The molecule has 0 aromatic carbocycles. The fraction of sp³-hybridized carbons (Fsp3) is 0.611. The minimum absolute atomic E-state index is 0.0136. The summed E-state index contributed by atoms with van der Waals surface area (Å²) >= 11 is 1.53. The highest BCUT2D eigenvalue weighted by atomic mass is 32.1. The first-order valence-electron chi connectivity index (χ1n) is 8.86. The molecule has 7 heteroatoms. The van der Waals surface area contributed by atoms with Crippen molar-refractivity contribution in [1.29, 1.82) is 0 Å². The van der Waals surface area contributed by atoms with E-state index in [0.29, 0.717) is 36.6 Å². The van der Waals surface area contributed by atoms with E-state index >= 15 is 0 Å². The number of rotatable bonds is 8. The lowest BCUT2D eigenvalue weighted by atomic mass is 10.2. The van der Waals surface area contributed by atoms with Crippen molar-refractivity contribution in [2.24, 2.45) is 0 Å². The van der Waals surface area contributed by atoms with Crippen LogP contribution in [0.2, 0.25) is 0 Å². The Morgan fingerprint density at radius 1 is 1.32 bits per heavy atom. The fourth-order valence-electron chi connectivity index (χ4n) is 2.98. The molecule has 25 heavy (non-hydrogen) atoms. The number of aromatic amines is 1. The number of hydrogen-bond acceptors (Lipinski definition) is 5. The number of aromatic nitrogens is 2. The molecule has 0 aliphatic heterocycles. The number of aryl methyl sites for hydroxylation is 3. The number of fused-ring (bicyclic) bond motifs is 1. The highest BCUT2D eigenvalue weighted by Gasteiger charge is 2.14. The van der Waals surface area contributed by atoms with Crippen LogP contribution >= 0.6 is 11.3 Å². The second-order valence-electron chi connectivity index (χ2n) is 6.35. The Morgan fingerprint density at radius 2 is 2.00 bits per heavy atom. The third-order valence-electron chi connectivity index (χ3n) is 4.71. The zero-order chi connectivity index (χ0) is 18.6. The van der Waals surface area contributed by atoms with E-state index in [0.717, 1.165) is 28.4 Å². The summed E-state index contributed by atoms with van der Waals surface area (Å²) in [5.41, 5.74) is 0.876. The standard InChI is InChI=1S/C18H28N4O2S/c1-6-22(7-2)11(3)10-19-15(23)9-8-14-20-17(24)16-12(4)13(5)25-18(16)21-14/h11H,6-10H2,1-5H3,(H,19,23)(H,20,21,24)/t11-/m1/s1. The van der Waals surface area contributed by atoms with Crippen LogP contribution in [0, 0.1) is 13.8 Å². The van der Waals surface area contributed by atoms with Gasteiger partial charge >= 0.3 is 0 Å². The van der Waals surface area contributed by atoms with Gasteiger partial charge in [-0.3, -0.25) is 14.5 Å². The first kappa shape index (κ1) is 19.6. The molecular weight excluding hydrogens is 336 g/mol. The van der Waals surface area contributed by atoms with Crippen LogP contribution in [0.1, 0.15) is 43.5 Å². The average Bonchev–Trinajstić information content (AvgIpc) is 2.86. The van der Waals surface area contributed by atoms with Gasteiger partial charge in [-0.1, -0.05) is 13.8 Å². The first-order chi connectivity index (χ1) is 11.9. The lowest BCUT2D eigenvalue weighted by Gasteiger charge is -2.26. The molecule has 0 saturated heterocycles. The Labute approximate surface area is 152 Å². The van der Waals surface area contributed by atoms with Gasteiger partial charge < -0.3 is 10.3 Å². The monoisotopic (exact) mass is 364 g/mol. The van der Waals surface area contributed by atoms with Gasteiger partial charge in [-0.25, -0.2) is 4.98 Å². The maximum Gasteiger partial charge on any atom is 0.259 e. The van der Waals surface area contributed by atoms with Crippen molar-refractivity contribution >= 4 is 27.5 Å². The second-order valence-corrected chi connectivity index (χ2v) is 7.55. The van der Waals surface area contributed by atoms with Crippen LogP contribution in [-0.2, 0) is 11.2 Å². The van der Waals surface area contributed by atoms with Crippen molar-refractivity contribution in [3.8, 4) is 0 Å². The zero-order valence-corrected chi connectivity index (χ0v) is 16.5. The van der Waals surface area contributed by atoms with Gasteiger partial charge in [0.15, 0.2) is 0 Å². The summed E-state index contributed by atoms with van der Waals surface area (Å²) in [4.78, 5) is 35.8. The number of H-pyrrole nitrogens is 1. The highest BCUT2D eigenvalue weighted by molar-refractivity contribution is 7.18. The van der Waals surface area contributed by atoms with Crippen molar-refractivity contribution < 1.29 is 4.79 Å². The molecular formula is C18H28N4O2S. The number of carbonyl (C=O) groups is 1. The molecule has 0 bridgehead atoms. The lowest BCUT2D eigenvalue weighted by molar-refractivity contribution is -0.121. The average molecular weight is 365 g/mol. The van der Waals surface area contributed by atoms with Crippen LogP contribution in [0.5, 0.6) is 0 Å². The van der Waals surface area contributed by atoms with Crippen molar-refractivity contribution in [2.75, 3.05) is 19.6 Å². The number of nitrogens with zero attached hydrogens (tertiary/aromatic N) is 2. The van der Waals surface area contributed by atoms with Gasteiger partial charge in [0.2, 0.25) is 5.91 Å². The molecule has 138 valence electrons. The molecule has 0 radical (unpaired) electrons. The Kier molecular flexibility index (Phi) is 6.72. The van der Waals surface area contributed by atoms with Crippen molar-refractivity contribution in [3.05, 3.63) is 26.6 Å². The van der Waals surface area contributed by atoms with E-state index in [1.807, 2.05) is 13.8 Å². The number of likely N-dealkylation sites (N-methyl/N-ethyl adjacent to an activating group) is 1. The van der Waals surface area contributed by atoms with Gasteiger partial charge in [-0.05, 0) is 39.4 Å². The number of thiophene rings is 1. The minimum Gasteiger partial charge on any atom is -0.355 e. The molecule has 0 spiro atoms. The summed E-state index contributed by atoms with van der Waals surface area (Å²) in [6, 6.07) is 0.310. The second kappa shape index (κ2) is 8.58. The van der Waals surface area contributed by atoms with E-state index in [4.69, 9.17) is 0 Å². The molecule has 0 aliphatic rings. The Hall–Kier alpha value is -1.73. The molecule has 2 heterocycles. The molecule has 2 N–H and O–H groups in total.